The van der Waals surface area contributed by atoms with E-state index < -0.39 is 16.1 Å². The van der Waals surface area contributed by atoms with Crippen molar-refractivity contribution in [3.63, 3.8) is 0 Å². The van der Waals surface area contributed by atoms with Crippen molar-refractivity contribution >= 4 is 39.0 Å². The fourth-order valence-electron chi connectivity index (χ4n) is 4.61. The molecule has 0 aliphatic rings. The summed E-state index contributed by atoms with van der Waals surface area (Å²) in [4.78, 5) is 3.60. The Morgan fingerprint density at radius 1 is 0.875 bits per heavy atom. The third kappa shape index (κ3) is 7.22. The zero-order valence-corrected chi connectivity index (χ0v) is 23.6. The number of hydrogen-bond donors (Lipinski definition) is 4. The van der Waals surface area contributed by atoms with Crippen molar-refractivity contribution in [1.29, 1.82) is 0 Å². The van der Waals surface area contributed by atoms with Crippen LogP contribution in [0.1, 0.15) is 11.7 Å². The lowest BCUT2D eigenvalue weighted by molar-refractivity contribution is 0.172. The molecule has 5 rings (SSSR count). The van der Waals surface area contributed by atoms with E-state index in [1.165, 1.54) is 0 Å². The zero-order valence-electron chi connectivity index (χ0n) is 22.0. The second kappa shape index (κ2) is 13.0. The summed E-state index contributed by atoms with van der Waals surface area (Å²) in [6.45, 7) is 1.26. The number of hydrogen-bond acceptors (Lipinski definition) is 5. The largest absolute Gasteiger partial charge is 0.492 e. The van der Waals surface area contributed by atoms with Gasteiger partial charge in [0.25, 0.3) is 0 Å². The Bertz CT molecular complexity index is 1660. The highest BCUT2D eigenvalue weighted by Crippen LogP contribution is 2.39. The number of anilines is 1. The molecular formula is C31H32ClN3O4S. The minimum absolute atomic E-state index is 0. The van der Waals surface area contributed by atoms with E-state index in [1.807, 2.05) is 48.5 Å². The molecule has 0 aliphatic carbocycles. The van der Waals surface area contributed by atoms with Crippen LogP contribution in [-0.2, 0) is 10.0 Å². The van der Waals surface area contributed by atoms with Crippen LogP contribution in [0.3, 0.4) is 0 Å². The van der Waals surface area contributed by atoms with Crippen LogP contribution in [0, 0.1) is 0 Å². The molecule has 0 fully saturated rings. The molecule has 0 spiro atoms. The molecule has 1 heterocycles. The number of sulfonamides is 1. The number of fused-ring (bicyclic) bond motifs is 1. The van der Waals surface area contributed by atoms with Gasteiger partial charge in [0.2, 0.25) is 10.0 Å². The number of nitrogens with one attached hydrogen (secondary N) is 3. The van der Waals surface area contributed by atoms with Crippen molar-refractivity contribution in [1.82, 2.24) is 10.3 Å². The highest BCUT2D eigenvalue weighted by Gasteiger charge is 2.15. The van der Waals surface area contributed by atoms with E-state index in [-0.39, 0.29) is 12.4 Å². The predicted molar refractivity (Wildman–Crippen MR) is 165 cm³/mol. The Balaban J connectivity index is 0.00000370. The molecule has 5 aromatic rings. The molecule has 208 valence electrons. The summed E-state index contributed by atoms with van der Waals surface area (Å²) in [7, 11) is -3.38. The second-order valence-electron chi connectivity index (χ2n) is 9.38. The molecule has 0 saturated carbocycles. The van der Waals surface area contributed by atoms with E-state index >= 15 is 0 Å². The summed E-state index contributed by atoms with van der Waals surface area (Å²) in [5, 5.41) is 14.8. The summed E-state index contributed by atoms with van der Waals surface area (Å²) in [6, 6.07) is 33.5. The molecule has 0 bridgehead atoms. The van der Waals surface area contributed by atoms with Gasteiger partial charge in [-0.25, -0.2) is 8.42 Å². The molecule has 7 nitrogen and oxygen atoms in total. The Labute approximate surface area is 240 Å². The van der Waals surface area contributed by atoms with Gasteiger partial charge in [-0.05, 0) is 41.0 Å². The molecule has 0 radical (unpaired) electrons. The lowest BCUT2D eigenvalue weighted by Gasteiger charge is -2.14. The van der Waals surface area contributed by atoms with Gasteiger partial charge < -0.3 is 20.1 Å². The normalized spacial score (nSPS) is 12.1. The van der Waals surface area contributed by atoms with Crippen molar-refractivity contribution in [2.75, 3.05) is 30.7 Å². The molecular weight excluding hydrogens is 546 g/mol. The summed E-state index contributed by atoms with van der Waals surface area (Å²) in [5.41, 5.74) is 6.54. The number of aliphatic hydroxyl groups excluding tert-OH is 1. The minimum Gasteiger partial charge on any atom is -0.492 e. The monoisotopic (exact) mass is 577 g/mol. The van der Waals surface area contributed by atoms with Crippen LogP contribution in [0.5, 0.6) is 5.75 Å². The minimum atomic E-state index is -3.38. The average molecular weight is 578 g/mol. The lowest BCUT2D eigenvalue weighted by Crippen LogP contribution is -2.26. The van der Waals surface area contributed by atoms with Gasteiger partial charge in [0.1, 0.15) is 12.4 Å². The molecule has 0 aliphatic heterocycles. The van der Waals surface area contributed by atoms with E-state index in [4.69, 9.17) is 4.74 Å². The topological polar surface area (TPSA) is 103 Å². The van der Waals surface area contributed by atoms with Crippen LogP contribution in [0.2, 0.25) is 0 Å². The maximum Gasteiger partial charge on any atom is 0.229 e. The molecule has 0 amide bonds. The maximum absolute atomic E-state index is 11.5. The Morgan fingerprint density at radius 3 is 2.27 bits per heavy atom. The van der Waals surface area contributed by atoms with Gasteiger partial charge in [-0.2, -0.15) is 0 Å². The SMILES string of the molecule is CS(=O)(=O)Nc1cccc([C@@H](O)CNCCOc2ccc3c(-c4ccccc4)c(-c4ccccc4)[nH]c3c2)c1.Cl. The van der Waals surface area contributed by atoms with Gasteiger partial charge >= 0.3 is 0 Å². The molecule has 4 N–H and O–H groups in total. The first kappa shape index (κ1) is 29.2. The fourth-order valence-corrected chi connectivity index (χ4v) is 5.17. The first-order valence-electron chi connectivity index (χ1n) is 12.7. The van der Waals surface area contributed by atoms with Crippen LogP contribution < -0.4 is 14.8 Å². The number of aromatic nitrogens is 1. The number of H-pyrrole nitrogens is 1. The highest BCUT2D eigenvalue weighted by atomic mass is 35.5. The molecule has 0 saturated heterocycles. The smallest absolute Gasteiger partial charge is 0.229 e. The summed E-state index contributed by atoms with van der Waals surface area (Å²) >= 11 is 0. The number of benzene rings is 4. The number of rotatable bonds is 11. The number of halogens is 1. The van der Waals surface area contributed by atoms with Gasteiger partial charge in [0.05, 0.1) is 23.6 Å². The Hall–Kier alpha value is -3.82. The molecule has 1 atom stereocenters. The van der Waals surface area contributed by atoms with Gasteiger partial charge in [0.15, 0.2) is 0 Å². The van der Waals surface area contributed by atoms with E-state index in [9.17, 15) is 13.5 Å². The number of aromatic amines is 1. The van der Waals surface area contributed by atoms with Crippen molar-refractivity contribution in [3.8, 4) is 28.1 Å². The van der Waals surface area contributed by atoms with Crippen LogP contribution in [-0.4, -0.2) is 44.5 Å². The van der Waals surface area contributed by atoms with Crippen LogP contribution in [0.4, 0.5) is 5.69 Å². The molecule has 1 aromatic heterocycles. The molecule has 4 aromatic carbocycles. The highest BCUT2D eigenvalue weighted by molar-refractivity contribution is 7.92. The first-order valence-corrected chi connectivity index (χ1v) is 14.6. The summed E-state index contributed by atoms with van der Waals surface area (Å²) < 4.78 is 31.3. The van der Waals surface area contributed by atoms with Gasteiger partial charge in [-0.15, -0.1) is 12.4 Å². The van der Waals surface area contributed by atoms with Crippen molar-refractivity contribution in [2.24, 2.45) is 0 Å². The van der Waals surface area contributed by atoms with Crippen molar-refractivity contribution in [3.05, 3.63) is 109 Å². The molecule has 9 heteroatoms. The second-order valence-corrected chi connectivity index (χ2v) is 11.1. The maximum atomic E-state index is 11.5. The lowest BCUT2D eigenvalue weighted by atomic mass is 9.98. The van der Waals surface area contributed by atoms with Crippen LogP contribution in [0.15, 0.2) is 103 Å². The van der Waals surface area contributed by atoms with E-state index in [2.05, 4.69) is 45.4 Å². The van der Waals surface area contributed by atoms with E-state index in [0.29, 0.717) is 30.9 Å². The quantitative estimate of drug-likeness (QED) is 0.144. The van der Waals surface area contributed by atoms with Gasteiger partial charge in [-0.3, -0.25) is 4.72 Å². The standard InChI is InChI=1S/C31H31N3O4S.ClH/c1-39(36,37)34-25-14-8-13-24(19-25)29(35)21-32-17-18-38-26-15-16-27-28(20-26)33-31(23-11-6-3-7-12-23)30(27)22-9-4-2-5-10-22;/h2-16,19-20,29,32-35H,17-18,21H2,1H3;1H/t29-;/m0./s1. The van der Waals surface area contributed by atoms with Gasteiger partial charge in [0, 0.05) is 35.8 Å². The van der Waals surface area contributed by atoms with E-state index in [0.717, 1.165) is 45.3 Å². The summed E-state index contributed by atoms with van der Waals surface area (Å²) in [5.74, 6) is 0.755. The third-order valence-electron chi connectivity index (χ3n) is 6.35. The number of ether oxygens (including phenoxy) is 1. The summed E-state index contributed by atoms with van der Waals surface area (Å²) in [6.07, 6.45) is 0.310. The van der Waals surface area contributed by atoms with Gasteiger partial charge in [-0.1, -0.05) is 72.8 Å². The molecule has 40 heavy (non-hydrogen) atoms. The first-order chi connectivity index (χ1) is 18.9. The zero-order chi connectivity index (χ0) is 27.2. The van der Waals surface area contributed by atoms with Crippen molar-refractivity contribution in [2.45, 2.75) is 6.10 Å². The Morgan fingerprint density at radius 2 is 1.57 bits per heavy atom. The van der Waals surface area contributed by atoms with E-state index in [1.54, 1.807) is 24.3 Å². The third-order valence-corrected chi connectivity index (χ3v) is 6.96. The van der Waals surface area contributed by atoms with Crippen LogP contribution in [0.25, 0.3) is 33.3 Å². The average Bonchev–Trinajstić information content (AvgIpc) is 3.32. The number of aliphatic hydroxyl groups is 1. The molecule has 0 unspecified atom stereocenters. The fraction of sp³-hybridized carbons (Fsp3) is 0.161. The predicted octanol–water partition coefficient (Wildman–Crippen LogP) is 6.00. The van der Waals surface area contributed by atoms with Crippen molar-refractivity contribution < 1.29 is 18.3 Å². The van der Waals surface area contributed by atoms with Crippen LogP contribution >= 0.6 is 12.4 Å². The Kier molecular flexibility index (Phi) is 9.50.